The Morgan fingerprint density at radius 2 is 2.00 bits per heavy atom. The lowest BCUT2D eigenvalue weighted by Crippen LogP contribution is -2.24. The molecule has 1 amide bonds. The number of carbonyl (C=O) groups is 1. The van der Waals surface area contributed by atoms with Crippen LogP contribution in [0.1, 0.15) is 11.1 Å². The van der Waals surface area contributed by atoms with Crippen LogP contribution in [0.3, 0.4) is 0 Å². The Balaban J connectivity index is 2.84. The number of alkyl halides is 3. The summed E-state index contributed by atoms with van der Waals surface area (Å²) in [7, 11) is 1.14. The first kappa shape index (κ1) is 12.4. The number of nitrogens with one attached hydrogen (secondary N) is 1. The molecule has 0 radical (unpaired) electrons. The Kier molecular flexibility index (Phi) is 3.76. The third-order valence-electron chi connectivity index (χ3n) is 1.93. The van der Waals surface area contributed by atoms with Crippen molar-refractivity contribution in [2.45, 2.75) is 12.7 Å². The zero-order chi connectivity index (χ0) is 12.2. The molecule has 1 N–H and O–H groups in total. The van der Waals surface area contributed by atoms with E-state index in [-0.39, 0.29) is 12.1 Å². The first-order valence-electron chi connectivity index (χ1n) is 4.42. The number of carbonyl (C=O) groups excluding carboxylic acids is 1. The van der Waals surface area contributed by atoms with Crippen LogP contribution in [0.15, 0.2) is 24.3 Å². The van der Waals surface area contributed by atoms with Crippen molar-refractivity contribution in [1.82, 2.24) is 5.32 Å². The summed E-state index contributed by atoms with van der Waals surface area (Å²) in [4.78, 5) is 10.7. The molecule has 0 saturated heterocycles. The van der Waals surface area contributed by atoms with E-state index in [4.69, 9.17) is 0 Å². The molecule has 0 unspecified atom stereocenters. The number of ether oxygens (including phenoxy) is 1. The summed E-state index contributed by atoms with van der Waals surface area (Å²) in [5.74, 6) is 0. The van der Waals surface area contributed by atoms with Gasteiger partial charge in [-0.2, -0.15) is 13.2 Å². The highest BCUT2D eigenvalue weighted by atomic mass is 19.4. The fourth-order valence-corrected chi connectivity index (χ4v) is 1.19. The molecule has 0 bridgehead atoms. The van der Waals surface area contributed by atoms with Crippen molar-refractivity contribution in [3.63, 3.8) is 0 Å². The van der Waals surface area contributed by atoms with Crippen LogP contribution in [-0.2, 0) is 17.5 Å². The molecule has 88 valence electrons. The minimum atomic E-state index is -4.42. The average Bonchev–Trinajstić information content (AvgIpc) is 2.25. The van der Waals surface area contributed by atoms with Gasteiger partial charge in [0.05, 0.1) is 12.7 Å². The zero-order valence-electron chi connectivity index (χ0n) is 8.47. The predicted octanol–water partition coefficient (Wildman–Crippen LogP) is 2.56. The molecule has 6 heteroatoms. The molecule has 1 aromatic carbocycles. The molecule has 16 heavy (non-hydrogen) atoms. The minimum Gasteiger partial charge on any atom is -0.453 e. The van der Waals surface area contributed by atoms with Crippen molar-refractivity contribution in [1.29, 1.82) is 0 Å². The SMILES string of the molecule is COC(=O)NCc1ccccc1C(F)(F)F. The Bertz CT molecular complexity index is 377. The monoisotopic (exact) mass is 233 g/mol. The number of hydrogen-bond donors (Lipinski definition) is 1. The van der Waals surface area contributed by atoms with Gasteiger partial charge in [-0.3, -0.25) is 0 Å². The second-order valence-corrected chi connectivity index (χ2v) is 3.00. The van der Waals surface area contributed by atoms with Gasteiger partial charge in [0.2, 0.25) is 0 Å². The van der Waals surface area contributed by atoms with Crippen LogP contribution in [-0.4, -0.2) is 13.2 Å². The standard InChI is InChI=1S/C10H10F3NO2/c1-16-9(15)14-6-7-4-2-3-5-8(7)10(11,12)13/h2-5H,6H2,1H3,(H,14,15). The summed E-state index contributed by atoms with van der Waals surface area (Å²) < 4.78 is 41.8. The van der Waals surface area contributed by atoms with Gasteiger partial charge in [-0.15, -0.1) is 0 Å². The quantitative estimate of drug-likeness (QED) is 0.852. The lowest BCUT2D eigenvalue weighted by Gasteiger charge is -2.12. The summed E-state index contributed by atoms with van der Waals surface area (Å²) in [6, 6.07) is 5.04. The Labute approximate surface area is 90.2 Å². The largest absolute Gasteiger partial charge is 0.453 e. The van der Waals surface area contributed by atoms with Gasteiger partial charge in [0.15, 0.2) is 0 Å². The van der Waals surface area contributed by atoms with Crippen LogP contribution in [0.2, 0.25) is 0 Å². The van der Waals surface area contributed by atoms with Gasteiger partial charge >= 0.3 is 12.3 Å². The third-order valence-corrected chi connectivity index (χ3v) is 1.93. The highest BCUT2D eigenvalue weighted by molar-refractivity contribution is 5.66. The first-order chi connectivity index (χ1) is 7.45. The zero-order valence-corrected chi connectivity index (χ0v) is 8.47. The summed E-state index contributed by atoms with van der Waals surface area (Å²) in [5.41, 5.74) is -0.758. The first-order valence-corrected chi connectivity index (χ1v) is 4.42. The number of alkyl carbamates (subject to hydrolysis) is 1. The molecule has 0 aliphatic heterocycles. The van der Waals surface area contributed by atoms with E-state index in [9.17, 15) is 18.0 Å². The van der Waals surface area contributed by atoms with E-state index in [0.29, 0.717) is 0 Å². The highest BCUT2D eigenvalue weighted by Crippen LogP contribution is 2.31. The maximum absolute atomic E-state index is 12.5. The second kappa shape index (κ2) is 4.87. The van der Waals surface area contributed by atoms with E-state index in [2.05, 4.69) is 10.1 Å². The summed E-state index contributed by atoms with van der Waals surface area (Å²) in [5, 5.41) is 2.20. The van der Waals surface area contributed by atoms with E-state index in [0.717, 1.165) is 13.2 Å². The molecule has 0 heterocycles. The molecular weight excluding hydrogens is 223 g/mol. The summed E-state index contributed by atoms with van der Waals surface area (Å²) in [6.07, 6.45) is -5.19. The minimum absolute atomic E-state index is 0.000370. The van der Waals surface area contributed by atoms with Crippen LogP contribution < -0.4 is 5.32 Å². The maximum Gasteiger partial charge on any atom is 0.416 e. The van der Waals surface area contributed by atoms with Crippen molar-refractivity contribution in [2.75, 3.05) is 7.11 Å². The molecule has 1 rings (SSSR count). The molecule has 1 aromatic rings. The molecule has 0 saturated carbocycles. The smallest absolute Gasteiger partial charge is 0.416 e. The van der Waals surface area contributed by atoms with E-state index >= 15 is 0 Å². The summed E-state index contributed by atoms with van der Waals surface area (Å²) >= 11 is 0. The average molecular weight is 233 g/mol. The van der Waals surface area contributed by atoms with Crippen molar-refractivity contribution in [3.8, 4) is 0 Å². The van der Waals surface area contributed by atoms with E-state index in [1.54, 1.807) is 0 Å². The molecule has 0 fully saturated rings. The maximum atomic E-state index is 12.5. The molecule has 0 aliphatic carbocycles. The fraction of sp³-hybridized carbons (Fsp3) is 0.300. The second-order valence-electron chi connectivity index (χ2n) is 3.00. The van der Waals surface area contributed by atoms with Gasteiger partial charge in [-0.25, -0.2) is 4.79 Å². The molecule has 0 atom stereocenters. The number of amides is 1. The predicted molar refractivity (Wildman–Crippen MR) is 50.7 cm³/mol. The Hall–Kier alpha value is -1.72. The van der Waals surface area contributed by atoms with Gasteiger partial charge in [-0.1, -0.05) is 18.2 Å². The molecular formula is C10H10F3NO2. The molecule has 0 aromatic heterocycles. The number of methoxy groups -OCH3 is 1. The number of rotatable bonds is 2. The van der Waals surface area contributed by atoms with Crippen molar-refractivity contribution >= 4 is 6.09 Å². The van der Waals surface area contributed by atoms with Crippen LogP contribution in [0.4, 0.5) is 18.0 Å². The Morgan fingerprint density at radius 3 is 2.56 bits per heavy atom. The van der Waals surface area contributed by atoms with Crippen LogP contribution in [0.25, 0.3) is 0 Å². The van der Waals surface area contributed by atoms with Gasteiger partial charge in [0, 0.05) is 6.54 Å². The topological polar surface area (TPSA) is 38.3 Å². The molecule has 0 aliphatic rings. The van der Waals surface area contributed by atoms with Gasteiger partial charge in [0.25, 0.3) is 0 Å². The van der Waals surface area contributed by atoms with Crippen molar-refractivity contribution in [3.05, 3.63) is 35.4 Å². The number of halogens is 3. The van der Waals surface area contributed by atoms with Crippen molar-refractivity contribution in [2.24, 2.45) is 0 Å². The number of hydrogen-bond acceptors (Lipinski definition) is 2. The van der Waals surface area contributed by atoms with E-state index in [1.807, 2.05) is 0 Å². The van der Waals surface area contributed by atoms with Gasteiger partial charge in [0.1, 0.15) is 0 Å². The van der Waals surface area contributed by atoms with Crippen LogP contribution >= 0.6 is 0 Å². The van der Waals surface area contributed by atoms with Gasteiger partial charge < -0.3 is 10.1 Å². The third kappa shape index (κ3) is 3.15. The Morgan fingerprint density at radius 1 is 1.38 bits per heavy atom. The highest BCUT2D eigenvalue weighted by Gasteiger charge is 2.32. The van der Waals surface area contributed by atoms with Gasteiger partial charge in [-0.05, 0) is 11.6 Å². The number of benzene rings is 1. The van der Waals surface area contributed by atoms with Crippen LogP contribution in [0.5, 0.6) is 0 Å². The lowest BCUT2D eigenvalue weighted by molar-refractivity contribution is -0.138. The fourth-order valence-electron chi connectivity index (χ4n) is 1.19. The lowest BCUT2D eigenvalue weighted by atomic mass is 10.1. The van der Waals surface area contributed by atoms with E-state index < -0.39 is 17.8 Å². The molecule has 3 nitrogen and oxygen atoms in total. The van der Waals surface area contributed by atoms with Crippen LogP contribution in [0, 0.1) is 0 Å². The summed E-state index contributed by atoms with van der Waals surface area (Å²) in [6.45, 7) is -0.220. The van der Waals surface area contributed by atoms with Crippen molar-refractivity contribution < 1.29 is 22.7 Å². The molecule has 0 spiro atoms. The van der Waals surface area contributed by atoms with E-state index in [1.165, 1.54) is 18.2 Å². The normalized spacial score (nSPS) is 11.0.